The second-order valence-electron chi connectivity index (χ2n) is 6.41. The molecule has 6 nitrogen and oxygen atoms in total. The fraction of sp³-hybridized carbons (Fsp3) is 0.217. The van der Waals surface area contributed by atoms with Gasteiger partial charge in [0.05, 0.1) is 7.11 Å². The molecule has 1 aromatic heterocycles. The molecule has 3 rings (SSSR count). The average Bonchev–Trinajstić information content (AvgIpc) is 2.77. The fourth-order valence-electron chi connectivity index (χ4n) is 2.79. The lowest BCUT2D eigenvalue weighted by atomic mass is 10.2. The monoisotopic (exact) mass is 393 g/mol. The molecule has 0 aliphatic heterocycles. The normalized spacial score (nSPS) is 10.4. The average molecular weight is 393 g/mol. The van der Waals surface area contributed by atoms with E-state index in [2.05, 4.69) is 0 Å². The standard InChI is InChI=1S/C23H23NO5/c1-3-24(14-17-9-11-19(27-2)12-10-17)23(26)21-13-20(25)22(16-29-21)28-15-18-7-5-4-6-8-18/h4-13,16H,3,14-15H2,1-2H3. The Bertz CT molecular complexity index is 996. The van der Waals surface area contributed by atoms with Crippen molar-refractivity contribution < 1.29 is 18.7 Å². The maximum Gasteiger partial charge on any atom is 0.289 e. The van der Waals surface area contributed by atoms with Crippen molar-refractivity contribution in [1.29, 1.82) is 0 Å². The van der Waals surface area contributed by atoms with Crippen LogP contribution in [0.5, 0.6) is 11.5 Å². The number of nitrogens with zero attached hydrogens (tertiary/aromatic N) is 1. The molecule has 0 bridgehead atoms. The van der Waals surface area contributed by atoms with E-state index in [0.29, 0.717) is 13.1 Å². The molecule has 0 saturated heterocycles. The van der Waals surface area contributed by atoms with Gasteiger partial charge in [0.1, 0.15) is 18.6 Å². The Morgan fingerprint density at radius 2 is 1.76 bits per heavy atom. The van der Waals surface area contributed by atoms with Gasteiger partial charge in [-0.15, -0.1) is 0 Å². The summed E-state index contributed by atoms with van der Waals surface area (Å²) in [6, 6.07) is 18.1. The first kappa shape index (κ1) is 20.2. The molecule has 0 radical (unpaired) electrons. The van der Waals surface area contributed by atoms with E-state index < -0.39 is 5.43 Å². The quantitative estimate of drug-likeness (QED) is 0.581. The Hall–Kier alpha value is -3.54. The van der Waals surface area contributed by atoms with Crippen molar-refractivity contribution in [3.63, 3.8) is 0 Å². The largest absolute Gasteiger partial charge is 0.497 e. The number of amides is 1. The highest BCUT2D eigenvalue weighted by Crippen LogP contribution is 2.15. The minimum absolute atomic E-state index is 0.0163. The Balaban J connectivity index is 1.68. The van der Waals surface area contributed by atoms with Gasteiger partial charge in [0.15, 0.2) is 5.76 Å². The summed E-state index contributed by atoms with van der Waals surface area (Å²) in [7, 11) is 1.60. The van der Waals surface area contributed by atoms with Crippen molar-refractivity contribution in [2.75, 3.05) is 13.7 Å². The Labute approximate surface area is 169 Å². The van der Waals surface area contributed by atoms with Crippen LogP contribution in [0, 0.1) is 0 Å². The molecule has 1 heterocycles. The summed E-state index contributed by atoms with van der Waals surface area (Å²) in [5.41, 5.74) is 1.49. The van der Waals surface area contributed by atoms with Crippen LogP contribution in [-0.2, 0) is 13.2 Å². The van der Waals surface area contributed by atoms with Gasteiger partial charge in [0, 0.05) is 19.2 Å². The molecule has 0 spiro atoms. The predicted octanol–water partition coefficient (Wildman–Crippen LogP) is 3.89. The van der Waals surface area contributed by atoms with Crippen molar-refractivity contribution in [3.8, 4) is 11.5 Å². The molecular formula is C23H23NO5. The molecule has 0 aliphatic carbocycles. The molecule has 3 aromatic rings. The van der Waals surface area contributed by atoms with Crippen molar-refractivity contribution >= 4 is 5.91 Å². The van der Waals surface area contributed by atoms with Gasteiger partial charge in [-0.1, -0.05) is 42.5 Å². The number of benzene rings is 2. The highest BCUT2D eigenvalue weighted by molar-refractivity contribution is 5.91. The third-order valence-electron chi connectivity index (χ3n) is 4.45. The first-order valence-electron chi connectivity index (χ1n) is 9.32. The van der Waals surface area contributed by atoms with E-state index in [-0.39, 0.29) is 24.0 Å². The minimum atomic E-state index is -0.393. The van der Waals surface area contributed by atoms with Gasteiger partial charge in [-0.05, 0) is 30.2 Å². The Morgan fingerprint density at radius 3 is 2.38 bits per heavy atom. The van der Waals surface area contributed by atoms with Crippen molar-refractivity contribution in [2.24, 2.45) is 0 Å². The van der Waals surface area contributed by atoms with E-state index in [9.17, 15) is 9.59 Å². The molecule has 0 fully saturated rings. The van der Waals surface area contributed by atoms with E-state index in [1.165, 1.54) is 12.3 Å². The molecule has 0 atom stereocenters. The number of carbonyl (C=O) groups is 1. The lowest BCUT2D eigenvalue weighted by Gasteiger charge is -2.20. The van der Waals surface area contributed by atoms with Crippen molar-refractivity contribution in [2.45, 2.75) is 20.1 Å². The lowest BCUT2D eigenvalue weighted by Crippen LogP contribution is -2.31. The van der Waals surface area contributed by atoms with Gasteiger partial charge in [-0.25, -0.2) is 0 Å². The van der Waals surface area contributed by atoms with E-state index in [4.69, 9.17) is 13.9 Å². The Kier molecular flexibility index (Phi) is 6.68. The molecular weight excluding hydrogens is 370 g/mol. The summed E-state index contributed by atoms with van der Waals surface area (Å²) in [6.45, 7) is 2.99. The van der Waals surface area contributed by atoms with E-state index in [1.54, 1.807) is 12.0 Å². The third-order valence-corrected chi connectivity index (χ3v) is 4.45. The summed E-state index contributed by atoms with van der Waals surface area (Å²) in [5, 5.41) is 0. The smallest absolute Gasteiger partial charge is 0.289 e. The zero-order valence-electron chi connectivity index (χ0n) is 16.5. The number of methoxy groups -OCH3 is 1. The first-order chi connectivity index (χ1) is 14.1. The number of carbonyl (C=O) groups excluding carboxylic acids is 1. The van der Waals surface area contributed by atoms with Crippen LogP contribution in [0.1, 0.15) is 28.6 Å². The fourth-order valence-corrected chi connectivity index (χ4v) is 2.79. The van der Waals surface area contributed by atoms with Crippen LogP contribution in [-0.4, -0.2) is 24.5 Å². The summed E-state index contributed by atoms with van der Waals surface area (Å²) < 4.78 is 16.1. The SMILES string of the molecule is CCN(Cc1ccc(OC)cc1)C(=O)c1cc(=O)c(OCc2ccccc2)co1. The summed E-state index contributed by atoms with van der Waals surface area (Å²) in [5.74, 6) is 0.455. The van der Waals surface area contributed by atoms with Gasteiger partial charge in [-0.3, -0.25) is 9.59 Å². The van der Waals surface area contributed by atoms with E-state index >= 15 is 0 Å². The lowest BCUT2D eigenvalue weighted by molar-refractivity contribution is 0.0716. The molecule has 150 valence electrons. The second-order valence-corrected chi connectivity index (χ2v) is 6.41. The topological polar surface area (TPSA) is 69.0 Å². The first-order valence-corrected chi connectivity index (χ1v) is 9.32. The molecule has 0 N–H and O–H groups in total. The summed E-state index contributed by atoms with van der Waals surface area (Å²) in [4.78, 5) is 26.7. The summed E-state index contributed by atoms with van der Waals surface area (Å²) in [6.07, 6.45) is 1.19. The van der Waals surface area contributed by atoms with Crippen LogP contribution in [0.25, 0.3) is 0 Å². The highest BCUT2D eigenvalue weighted by Gasteiger charge is 2.19. The zero-order chi connectivity index (χ0) is 20.6. The van der Waals surface area contributed by atoms with Gasteiger partial charge in [-0.2, -0.15) is 0 Å². The van der Waals surface area contributed by atoms with Crippen molar-refractivity contribution in [3.05, 3.63) is 94.0 Å². The number of hydrogen-bond donors (Lipinski definition) is 0. The van der Waals surface area contributed by atoms with Crippen LogP contribution in [0.3, 0.4) is 0 Å². The number of rotatable bonds is 8. The molecule has 1 amide bonds. The van der Waals surface area contributed by atoms with E-state index in [0.717, 1.165) is 16.9 Å². The maximum atomic E-state index is 12.8. The van der Waals surface area contributed by atoms with Crippen molar-refractivity contribution in [1.82, 2.24) is 4.90 Å². The second kappa shape index (κ2) is 9.59. The predicted molar refractivity (Wildman–Crippen MR) is 109 cm³/mol. The van der Waals surface area contributed by atoms with Gasteiger partial charge >= 0.3 is 0 Å². The van der Waals surface area contributed by atoms with Gasteiger partial charge in [0.25, 0.3) is 5.91 Å². The highest BCUT2D eigenvalue weighted by atomic mass is 16.5. The minimum Gasteiger partial charge on any atom is -0.497 e. The summed E-state index contributed by atoms with van der Waals surface area (Å²) >= 11 is 0. The molecule has 0 saturated carbocycles. The van der Waals surface area contributed by atoms with Crippen LogP contribution in [0.4, 0.5) is 0 Å². The van der Waals surface area contributed by atoms with Gasteiger partial charge in [0.2, 0.25) is 11.2 Å². The molecule has 6 heteroatoms. The maximum absolute atomic E-state index is 12.8. The van der Waals surface area contributed by atoms with Gasteiger partial charge < -0.3 is 18.8 Å². The number of hydrogen-bond acceptors (Lipinski definition) is 5. The third kappa shape index (κ3) is 5.25. The molecule has 2 aromatic carbocycles. The van der Waals surface area contributed by atoms with Crippen LogP contribution in [0.2, 0.25) is 0 Å². The number of ether oxygens (including phenoxy) is 2. The van der Waals surface area contributed by atoms with E-state index in [1.807, 2.05) is 61.5 Å². The van der Waals surface area contributed by atoms with Crippen LogP contribution >= 0.6 is 0 Å². The molecule has 29 heavy (non-hydrogen) atoms. The van der Waals surface area contributed by atoms with Crippen LogP contribution in [0.15, 0.2) is 76.1 Å². The van der Waals surface area contributed by atoms with Crippen LogP contribution < -0.4 is 14.9 Å². The molecule has 0 aliphatic rings. The molecule has 0 unspecified atom stereocenters. The zero-order valence-corrected chi connectivity index (χ0v) is 16.5. The Morgan fingerprint density at radius 1 is 1.03 bits per heavy atom.